The first kappa shape index (κ1) is 36.7. The normalized spacial score (nSPS) is 40.7. The summed E-state index contributed by atoms with van der Waals surface area (Å²) in [7, 11) is -3.08. The first-order valence-corrected chi connectivity index (χ1v) is 21.3. The van der Waals surface area contributed by atoms with Crippen LogP contribution in [0.1, 0.15) is 133 Å². The number of fused-ring (bicyclic) bond motifs is 7. The van der Waals surface area contributed by atoms with Gasteiger partial charge in [0.2, 0.25) is 5.91 Å². The lowest BCUT2D eigenvalue weighted by molar-refractivity contribution is -0.204. The average molecular weight is 722 g/mol. The fraction of sp³-hybridized carbons (Fsp3) is 0.738. The third-order valence-corrected chi connectivity index (χ3v) is 17.9. The summed E-state index contributed by atoms with van der Waals surface area (Å²) in [5.41, 5.74) is 0.959. The number of hydrogen-bond donors (Lipinski definition) is 1. The standard InChI is InChI=1S/C42H59NO7S/c1-37(2)18-20-42(36(47)43-22-24-51(48,49)25-23-43)21-19-40(6)29(30(42)26-37)12-13-32-39(5)16-15-33(38(3,4)31(39)14-17-41(32,40)7)50-35(46)28-11-9-8-10-27(28)34(44)45/h8-12,30-33H,13-26H2,1-7H3,(H,44,45)/t30-,31-,32+,33-,39-,40+,41+,42-/m0/s1. The Morgan fingerprint density at radius 1 is 0.824 bits per heavy atom. The molecule has 1 aromatic rings. The molecule has 280 valence electrons. The lowest BCUT2D eigenvalue weighted by Crippen LogP contribution is -2.66. The smallest absolute Gasteiger partial charge is 0.339 e. The zero-order valence-electron chi connectivity index (χ0n) is 31.8. The summed E-state index contributed by atoms with van der Waals surface area (Å²) in [4.78, 5) is 41.9. The van der Waals surface area contributed by atoms with Gasteiger partial charge in [0, 0.05) is 18.5 Å². The molecule has 4 saturated carbocycles. The molecule has 1 aromatic carbocycles. The van der Waals surface area contributed by atoms with Gasteiger partial charge in [-0.1, -0.05) is 72.2 Å². The van der Waals surface area contributed by atoms with Crippen molar-refractivity contribution in [2.24, 2.45) is 50.2 Å². The van der Waals surface area contributed by atoms with Crippen molar-refractivity contribution in [2.45, 2.75) is 119 Å². The number of hydrogen-bond acceptors (Lipinski definition) is 6. The number of nitrogens with zero attached hydrogens (tertiary/aromatic N) is 1. The Bertz CT molecular complexity index is 1770. The number of benzene rings is 1. The van der Waals surface area contributed by atoms with E-state index in [9.17, 15) is 27.9 Å². The maximum Gasteiger partial charge on any atom is 0.339 e. The largest absolute Gasteiger partial charge is 0.478 e. The predicted octanol–water partition coefficient (Wildman–Crippen LogP) is 7.97. The van der Waals surface area contributed by atoms with Crippen LogP contribution in [-0.4, -0.2) is 67.0 Å². The number of allylic oxidation sites excluding steroid dienone is 2. The number of esters is 1. The van der Waals surface area contributed by atoms with Crippen molar-refractivity contribution in [3.63, 3.8) is 0 Å². The van der Waals surface area contributed by atoms with Crippen LogP contribution in [-0.2, 0) is 19.4 Å². The van der Waals surface area contributed by atoms with Gasteiger partial charge in [0.15, 0.2) is 9.84 Å². The van der Waals surface area contributed by atoms with Gasteiger partial charge in [0.05, 0.1) is 28.0 Å². The molecule has 5 fully saturated rings. The van der Waals surface area contributed by atoms with Crippen molar-refractivity contribution < 1.29 is 32.6 Å². The molecule has 9 heteroatoms. The number of sulfone groups is 1. The second-order valence-corrected chi connectivity index (χ2v) is 21.7. The Balaban J connectivity index is 1.18. The molecule has 0 bridgehead atoms. The summed E-state index contributed by atoms with van der Waals surface area (Å²) in [6, 6.07) is 6.30. The van der Waals surface area contributed by atoms with Crippen molar-refractivity contribution in [2.75, 3.05) is 24.6 Å². The van der Waals surface area contributed by atoms with Gasteiger partial charge in [0.25, 0.3) is 0 Å². The number of carboxylic acids is 1. The third kappa shape index (κ3) is 5.47. The van der Waals surface area contributed by atoms with Gasteiger partial charge in [-0.15, -0.1) is 0 Å². The minimum atomic E-state index is -3.08. The molecule has 1 amide bonds. The first-order valence-electron chi connectivity index (χ1n) is 19.4. The van der Waals surface area contributed by atoms with E-state index in [0.717, 1.165) is 64.2 Å². The van der Waals surface area contributed by atoms with Gasteiger partial charge in [-0.25, -0.2) is 18.0 Å². The lowest BCUT2D eigenvalue weighted by atomic mass is 9.33. The maximum absolute atomic E-state index is 14.7. The zero-order valence-corrected chi connectivity index (χ0v) is 32.7. The monoisotopic (exact) mass is 721 g/mol. The van der Waals surface area contributed by atoms with Crippen molar-refractivity contribution >= 4 is 27.7 Å². The summed E-state index contributed by atoms with van der Waals surface area (Å²) in [6.07, 6.45) is 11.7. The summed E-state index contributed by atoms with van der Waals surface area (Å²) in [6.45, 7) is 17.4. The summed E-state index contributed by atoms with van der Waals surface area (Å²) < 4.78 is 30.8. The second-order valence-electron chi connectivity index (χ2n) is 19.4. The Morgan fingerprint density at radius 2 is 1.47 bits per heavy atom. The predicted molar refractivity (Wildman–Crippen MR) is 197 cm³/mol. The van der Waals surface area contributed by atoms with Gasteiger partial charge < -0.3 is 14.7 Å². The molecule has 1 aliphatic heterocycles. The second kappa shape index (κ2) is 11.9. The Morgan fingerprint density at radius 3 is 2.14 bits per heavy atom. The molecule has 1 N–H and O–H groups in total. The Kier molecular flexibility index (Phi) is 8.56. The van der Waals surface area contributed by atoms with Crippen LogP contribution in [0.5, 0.6) is 0 Å². The lowest BCUT2D eigenvalue weighted by Gasteiger charge is -2.71. The minimum Gasteiger partial charge on any atom is -0.478 e. The molecule has 6 aliphatic rings. The SMILES string of the molecule is CC1(C)CC[C@]2(C(=O)N3CCS(=O)(=O)CC3)CC[C@]3(C)C(=CC[C@@H]4[C@@]5(C)CC[C@H](OC(=O)c6ccccc6C(=O)O)C(C)(C)[C@@H]5CC[C@]43C)[C@@H]2C1. The number of aromatic carboxylic acids is 1. The van der Waals surface area contributed by atoms with Crippen LogP contribution in [0, 0.1) is 50.2 Å². The molecule has 51 heavy (non-hydrogen) atoms. The first-order chi connectivity index (χ1) is 23.7. The van der Waals surface area contributed by atoms with Crippen LogP contribution < -0.4 is 0 Å². The summed E-state index contributed by atoms with van der Waals surface area (Å²) in [5, 5.41) is 9.71. The highest BCUT2D eigenvalue weighted by molar-refractivity contribution is 7.91. The number of carboxylic acid groups (broad SMARTS) is 1. The Labute approximate surface area is 305 Å². The number of amides is 1. The van der Waals surface area contributed by atoms with E-state index in [-0.39, 0.29) is 67.6 Å². The van der Waals surface area contributed by atoms with Gasteiger partial charge in [0.1, 0.15) is 6.10 Å². The molecule has 5 aliphatic carbocycles. The fourth-order valence-electron chi connectivity index (χ4n) is 13.1. The highest BCUT2D eigenvalue weighted by atomic mass is 32.2. The number of carbonyl (C=O) groups excluding carboxylic acids is 2. The highest BCUT2D eigenvalue weighted by Gasteiger charge is 2.69. The Hall–Kier alpha value is -2.68. The molecule has 0 spiro atoms. The molecule has 8 atom stereocenters. The van der Waals surface area contributed by atoms with Gasteiger partial charge in [-0.2, -0.15) is 0 Å². The van der Waals surface area contributed by atoms with Crippen LogP contribution in [0.4, 0.5) is 0 Å². The van der Waals surface area contributed by atoms with E-state index in [1.807, 2.05) is 4.90 Å². The third-order valence-electron chi connectivity index (χ3n) is 16.3. The van der Waals surface area contributed by atoms with Crippen LogP contribution in [0.3, 0.4) is 0 Å². The van der Waals surface area contributed by atoms with E-state index in [0.29, 0.717) is 24.9 Å². The maximum atomic E-state index is 14.7. The number of ether oxygens (including phenoxy) is 1. The summed E-state index contributed by atoms with van der Waals surface area (Å²) >= 11 is 0. The van der Waals surface area contributed by atoms with Gasteiger partial charge in [-0.05, 0) is 116 Å². The molecule has 7 rings (SSSR count). The van der Waals surface area contributed by atoms with E-state index < -0.39 is 27.2 Å². The average Bonchev–Trinajstić information content (AvgIpc) is 3.05. The molecule has 1 saturated heterocycles. The van der Waals surface area contributed by atoms with Crippen LogP contribution in [0.2, 0.25) is 0 Å². The fourth-order valence-corrected chi connectivity index (χ4v) is 14.3. The summed E-state index contributed by atoms with van der Waals surface area (Å²) in [5.74, 6) is -0.433. The van der Waals surface area contributed by atoms with Crippen molar-refractivity contribution in [1.29, 1.82) is 0 Å². The quantitative estimate of drug-likeness (QED) is 0.248. The van der Waals surface area contributed by atoms with Crippen molar-refractivity contribution in [1.82, 2.24) is 4.90 Å². The zero-order chi connectivity index (χ0) is 37.0. The molecule has 0 aromatic heterocycles. The van der Waals surface area contributed by atoms with E-state index in [1.54, 1.807) is 18.2 Å². The van der Waals surface area contributed by atoms with Gasteiger partial charge >= 0.3 is 11.9 Å². The molecule has 1 heterocycles. The molecular weight excluding hydrogens is 663 g/mol. The van der Waals surface area contributed by atoms with E-state index >= 15 is 0 Å². The molecule has 0 unspecified atom stereocenters. The molecular formula is C42H59NO7S. The topological polar surface area (TPSA) is 118 Å². The number of carbonyl (C=O) groups is 3. The van der Waals surface area contributed by atoms with Crippen LogP contribution in [0.15, 0.2) is 35.9 Å². The van der Waals surface area contributed by atoms with Gasteiger partial charge in [-0.3, -0.25) is 4.79 Å². The molecule has 8 nitrogen and oxygen atoms in total. The minimum absolute atomic E-state index is 0.0267. The van der Waals surface area contributed by atoms with Crippen LogP contribution >= 0.6 is 0 Å². The van der Waals surface area contributed by atoms with E-state index in [1.165, 1.54) is 11.6 Å². The highest BCUT2D eigenvalue weighted by Crippen LogP contribution is 2.76. The van der Waals surface area contributed by atoms with Crippen molar-refractivity contribution in [3.05, 3.63) is 47.0 Å². The van der Waals surface area contributed by atoms with E-state index in [2.05, 4.69) is 54.5 Å². The molecule has 0 radical (unpaired) electrons. The number of rotatable bonds is 4. The van der Waals surface area contributed by atoms with Crippen molar-refractivity contribution in [3.8, 4) is 0 Å². The van der Waals surface area contributed by atoms with Crippen LogP contribution in [0.25, 0.3) is 0 Å². The van der Waals surface area contributed by atoms with E-state index in [4.69, 9.17) is 4.74 Å².